The summed E-state index contributed by atoms with van der Waals surface area (Å²) in [5.41, 5.74) is 11.0. The molecule has 2 saturated heterocycles. The first-order valence-corrected chi connectivity index (χ1v) is 17.7. The molecule has 2 aliphatic rings. The van der Waals surface area contributed by atoms with E-state index in [-0.39, 0.29) is 17.4 Å². The maximum absolute atomic E-state index is 13.3. The number of ether oxygens (including phenoxy) is 1. The summed E-state index contributed by atoms with van der Waals surface area (Å²) in [6.07, 6.45) is 1.50. The van der Waals surface area contributed by atoms with Crippen LogP contribution in [0.15, 0.2) is 47.2 Å². The molecule has 2 fully saturated rings. The number of hydroxylamine groups is 2. The van der Waals surface area contributed by atoms with Crippen molar-refractivity contribution in [3.05, 3.63) is 47.7 Å². The third-order valence-corrected chi connectivity index (χ3v) is 9.14. The Morgan fingerprint density at radius 3 is 2.51 bits per heavy atom. The van der Waals surface area contributed by atoms with Crippen LogP contribution in [0.4, 0.5) is 5.13 Å². The molecule has 1 aromatic carbocycles. The van der Waals surface area contributed by atoms with Crippen LogP contribution in [0.1, 0.15) is 19.5 Å². The summed E-state index contributed by atoms with van der Waals surface area (Å²) >= 11 is 0.953. The van der Waals surface area contributed by atoms with E-state index in [1.807, 2.05) is 21.8 Å². The highest BCUT2D eigenvalue weighted by atomic mass is 32.3. The van der Waals surface area contributed by atoms with E-state index in [1.54, 1.807) is 24.3 Å². The van der Waals surface area contributed by atoms with Gasteiger partial charge in [-0.1, -0.05) is 17.3 Å². The Kier molecular flexibility index (Phi) is 11.2. The highest BCUT2D eigenvalue weighted by Crippen LogP contribution is 2.33. The minimum absolute atomic E-state index is 0.0510. The van der Waals surface area contributed by atoms with Crippen molar-refractivity contribution in [1.29, 1.82) is 0 Å². The van der Waals surface area contributed by atoms with Crippen LogP contribution < -0.4 is 31.5 Å². The quantitative estimate of drug-likeness (QED) is 0.0261. The number of hydrogen-bond donors (Lipinski definition) is 7. The maximum Gasteiger partial charge on any atom is 0.418 e. The monoisotopic (exact) mass is 752 g/mol. The minimum atomic E-state index is -5.03. The van der Waals surface area contributed by atoms with Gasteiger partial charge in [-0.15, -0.1) is 20.3 Å². The molecule has 2 aromatic heterocycles. The van der Waals surface area contributed by atoms with Gasteiger partial charge >= 0.3 is 16.4 Å². The molecule has 9 N–H and O–H groups in total. The van der Waals surface area contributed by atoms with Gasteiger partial charge in [-0.2, -0.15) is 18.2 Å². The van der Waals surface area contributed by atoms with Gasteiger partial charge in [0.1, 0.15) is 30.2 Å². The number of hydrogen-bond acceptors (Lipinski definition) is 15. The van der Waals surface area contributed by atoms with Crippen LogP contribution in [-0.2, 0) is 47.0 Å². The number of carboxylic acid groups (broad SMARTS) is 1. The van der Waals surface area contributed by atoms with Crippen molar-refractivity contribution in [3.63, 3.8) is 0 Å². The van der Waals surface area contributed by atoms with E-state index in [0.29, 0.717) is 23.3 Å². The number of β-lactam (4-membered cyclic amide) rings is 1. The van der Waals surface area contributed by atoms with Gasteiger partial charge in [-0.3, -0.25) is 14.1 Å². The number of aliphatic carboxylic acids is 1. The smallest absolute Gasteiger partial charge is 0.418 e. The van der Waals surface area contributed by atoms with Gasteiger partial charge in [0.25, 0.3) is 17.9 Å². The summed E-state index contributed by atoms with van der Waals surface area (Å²) in [5.74, 6) is -2.71. The first kappa shape index (κ1) is 37.5. The Hall–Kier alpha value is -4.71. The summed E-state index contributed by atoms with van der Waals surface area (Å²) in [5, 5.41) is 31.1. The Bertz CT molecular complexity index is 1870. The molecule has 2 amide bonds. The first-order chi connectivity index (χ1) is 24.0. The van der Waals surface area contributed by atoms with Gasteiger partial charge in [0.05, 0.1) is 23.8 Å². The van der Waals surface area contributed by atoms with Gasteiger partial charge in [0.15, 0.2) is 17.4 Å². The summed E-state index contributed by atoms with van der Waals surface area (Å²) in [7, 11) is -5.03. The zero-order chi connectivity index (χ0) is 37.1. The number of nitrogens with two attached hydrogens (primary N) is 2. The van der Waals surface area contributed by atoms with E-state index < -0.39 is 64.3 Å². The van der Waals surface area contributed by atoms with Crippen molar-refractivity contribution in [1.82, 2.24) is 25.4 Å². The van der Waals surface area contributed by atoms with E-state index in [2.05, 4.69) is 25.1 Å². The number of nitrogen functional groups attached to an aromatic ring is 1. The molecule has 2 aliphatic heterocycles. The molecule has 5 rings (SSSR count). The SMILES string of the molecule is CC1(C)[C@H](NC(=O)/C(=N\OC(COc2ccc(-c3cn(CC4CNC4)[n+](CC(O)CN)c3)cc2)C(=O)O)c2csc(N)n2)C(=O)N1OS(=O)(=O)O. The number of carboxylic acids is 1. The van der Waals surface area contributed by atoms with Crippen molar-refractivity contribution in [2.45, 2.75) is 50.7 Å². The van der Waals surface area contributed by atoms with Crippen molar-refractivity contribution in [2.24, 2.45) is 16.8 Å². The predicted octanol–water partition coefficient (Wildman–Crippen LogP) is -1.89. The number of benzene rings is 1. The molecular formula is C29H38N9O11S2+. The Balaban J connectivity index is 1.26. The minimum Gasteiger partial charge on any atom is -0.489 e. The zero-order valence-electron chi connectivity index (χ0n) is 27.4. The average molecular weight is 753 g/mol. The zero-order valence-corrected chi connectivity index (χ0v) is 29.0. The molecule has 0 bridgehead atoms. The molecular weight excluding hydrogens is 715 g/mol. The normalized spacial score (nSPS) is 18.8. The number of thiazole rings is 1. The molecule has 22 heteroatoms. The fourth-order valence-corrected chi connectivity index (χ4v) is 6.20. The number of amides is 2. The first-order valence-electron chi connectivity index (χ1n) is 15.5. The highest BCUT2D eigenvalue weighted by Gasteiger charge is 2.58. The largest absolute Gasteiger partial charge is 0.489 e. The van der Waals surface area contributed by atoms with Crippen molar-refractivity contribution >= 4 is 50.4 Å². The molecule has 0 saturated carbocycles. The molecule has 3 aromatic rings. The number of nitrogens with zero attached hydrogens (tertiary/aromatic N) is 5. The van der Waals surface area contributed by atoms with Crippen LogP contribution in [0.3, 0.4) is 0 Å². The van der Waals surface area contributed by atoms with Crippen LogP contribution in [0, 0.1) is 5.92 Å². The number of aliphatic hydroxyl groups excluding tert-OH is 1. The van der Waals surface area contributed by atoms with E-state index in [4.69, 9.17) is 25.6 Å². The predicted molar refractivity (Wildman–Crippen MR) is 178 cm³/mol. The summed E-state index contributed by atoms with van der Waals surface area (Å²) in [4.78, 5) is 47.1. The fourth-order valence-electron chi connectivity index (χ4n) is 5.20. The molecule has 20 nitrogen and oxygen atoms in total. The topological polar surface area (TPSA) is 287 Å². The van der Waals surface area contributed by atoms with Crippen molar-refractivity contribution < 1.29 is 56.1 Å². The Labute approximate surface area is 295 Å². The lowest BCUT2D eigenvalue weighted by Gasteiger charge is -2.50. The number of carbonyl (C=O) groups is 3. The van der Waals surface area contributed by atoms with E-state index in [9.17, 15) is 33.0 Å². The van der Waals surface area contributed by atoms with Gasteiger partial charge in [0, 0.05) is 30.9 Å². The molecule has 2 unspecified atom stereocenters. The van der Waals surface area contributed by atoms with Gasteiger partial charge < -0.3 is 41.9 Å². The maximum atomic E-state index is 13.3. The number of oxime groups is 1. The average Bonchev–Trinajstić information content (AvgIpc) is 3.66. The fraction of sp³-hybridized carbons (Fsp3) is 0.448. The second-order valence-electron chi connectivity index (χ2n) is 12.3. The van der Waals surface area contributed by atoms with Gasteiger partial charge in [0.2, 0.25) is 6.20 Å². The van der Waals surface area contributed by atoms with Crippen molar-refractivity contribution in [3.8, 4) is 16.9 Å². The van der Waals surface area contributed by atoms with Crippen LogP contribution in [0.25, 0.3) is 11.1 Å². The second kappa shape index (κ2) is 15.3. The standard InChI is InChI=1S/C29H37N9O11S2/c1-29(2)24(26(41)38(29)49-51(44,45)46)34-25(40)23(21-15-50-28(31)33-21)35-48-22(27(42)43)14-47-20-5-3-17(4-6-20)18-11-36(10-16-8-32-9-16)37(12-18)13-19(39)7-30/h3-6,11-12,15-16,19,22,24,32,39H,7-10,13-14,30H2,1-2H3,(H4-,31,33,34,40,42,43,44,45,46)/p+1/b35-23-/t19?,22?,24-/m1/s1. The molecule has 0 radical (unpaired) electrons. The molecule has 0 spiro atoms. The Morgan fingerprint density at radius 1 is 1.25 bits per heavy atom. The Morgan fingerprint density at radius 2 is 1.96 bits per heavy atom. The molecule has 276 valence electrons. The van der Waals surface area contributed by atoms with Crippen LogP contribution in [0.2, 0.25) is 0 Å². The number of nitrogens with one attached hydrogen (secondary N) is 2. The number of rotatable bonds is 17. The van der Waals surface area contributed by atoms with E-state index in [0.717, 1.165) is 42.1 Å². The molecule has 4 heterocycles. The third kappa shape index (κ3) is 8.97. The highest BCUT2D eigenvalue weighted by molar-refractivity contribution is 7.80. The van der Waals surface area contributed by atoms with Crippen LogP contribution >= 0.6 is 11.3 Å². The second-order valence-corrected chi connectivity index (χ2v) is 14.2. The van der Waals surface area contributed by atoms with E-state index >= 15 is 0 Å². The van der Waals surface area contributed by atoms with Crippen LogP contribution in [-0.4, -0.2) is 111 Å². The lowest BCUT2D eigenvalue weighted by Crippen LogP contribution is -2.76. The number of aromatic nitrogens is 3. The lowest BCUT2D eigenvalue weighted by molar-refractivity contribution is -0.780. The summed E-state index contributed by atoms with van der Waals surface area (Å²) in [6, 6.07) is 5.54. The molecule has 3 atom stereocenters. The van der Waals surface area contributed by atoms with Crippen LogP contribution in [0.5, 0.6) is 5.75 Å². The number of aliphatic hydroxyl groups is 1. The van der Waals surface area contributed by atoms with E-state index in [1.165, 1.54) is 19.2 Å². The number of carbonyl (C=O) groups excluding carboxylic acids is 2. The van der Waals surface area contributed by atoms with Gasteiger partial charge in [-0.25, -0.2) is 9.78 Å². The lowest BCUT2D eigenvalue weighted by atomic mass is 9.84. The molecule has 0 aliphatic carbocycles. The molecule has 51 heavy (non-hydrogen) atoms. The number of anilines is 1. The summed E-state index contributed by atoms with van der Waals surface area (Å²) in [6.45, 7) is 5.25. The van der Waals surface area contributed by atoms with Crippen molar-refractivity contribution in [2.75, 3.05) is 32.0 Å². The van der Waals surface area contributed by atoms with Gasteiger partial charge in [-0.05, 0) is 31.5 Å². The third-order valence-electron chi connectivity index (χ3n) is 8.12. The summed E-state index contributed by atoms with van der Waals surface area (Å²) < 4.78 is 45.2.